The number of hydrogen-bond acceptors (Lipinski definition) is 14. The Morgan fingerprint density at radius 2 is 1.56 bits per heavy atom. The third-order valence-corrected chi connectivity index (χ3v) is 15.0. The van der Waals surface area contributed by atoms with E-state index < -0.39 is 95.5 Å². The average molecular weight is 747 g/mol. The van der Waals surface area contributed by atoms with Gasteiger partial charge in [0.05, 0.1) is 48.8 Å². The molecular formula is C38H66O14. The molecule has 0 radical (unpaired) electrons. The van der Waals surface area contributed by atoms with Crippen molar-refractivity contribution in [2.24, 2.45) is 40.4 Å². The first-order valence-corrected chi connectivity index (χ1v) is 19.6. The number of ether oxygens (including phenoxy) is 5. The summed E-state index contributed by atoms with van der Waals surface area (Å²) < 4.78 is 29.9. The van der Waals surface area contributed by atoms with Crippen molar-refractivity contribution in [1.29, 1.82) is 0 Å². The maximum atomic E-state index is 12.7. The summed E-state index contributed by atoms with van der Waals surface area (Å²) in [5.41, 5.74) is -4.08. The minimum Gasteiger partial charge on any atom is -0.394 e. The van der Waals surface area contributed by atoms with E-state index in [0.717, 1.165) is 12.8 Å². The third kappa shape index (κ3) is 6.61. The first-order valence-electron chi connectivity index (χ1n) is 19.6. The van der Waals surface area contributed by atoms with Crippen molar-refractivity contribution in [3.05, 3.63) is 0 Å². The van der Waals surface area contributed by atoms with E-state index in [1.165, 1.54) is 7.11 Å². The molecule has 0 spiro atoms. The zero-order chi connectivity index (χ0) is 38.1. The van der Waals surface area contributed by atoms with Gasteiger partial charge in [-0.2, -0.15) is 0 Å². The van der Waals surface area contributed by atoms with Crippen LogP contribution in [0.2, 0.25) is 0 Å². The van der Waals surface area contributed by atoms with E-state index in [2.05, 4.69) is 13.8 Å². The Morgan fingerprint density at radius 1 is 0.846 bits per heavy atom. The molecule has 6 rings (SSSR count). The van der Waals surface area contributed by atoms with Gasteiger partial charge in [0, 0.05) is 31.3 Å². The third-order valence-electron chi connectivity index (χ3n) is 15.0. The van der Waals surface area contributed by atoms with Crippen LogP contribution in [0.4, 0.5) is 0 Å². The molecule has 0 bridgehead atoms. The van der Waals surface area contributed by atoms with E-state index in [-0.39, 0.29) is 55.8 Å². The number of aliphatic hydroxyl groups excluding tert-OH is 7. The van der Waals surface area contributed by atoms with Crippen molar-refractivity contribution in [1.82, 2.24) is 0 Å². The standard InChI is InChI=1S/C38H66O14/c1-18(2)24(50-34-31(30(48-6)25(16-39)51-34)52-33-29(45)28(44)23(42)17-49-33)8-7-19(3)21-13-22(41)32-35(21,4)11-10-26-36(5)12-9-20(40)14-38(36,47)27(43)15-37(26,32)46/h18-34,39-47H,7-17H2,1-6H3. The molecule has 6 fully saturated rings. The molecule has 4 aliphatic carbocycles. The van der Waals surface area contributed by atoms with Crippen molar-refractivity contribution in [2.45, 2.75) is 177 Å². The summed E-state index contributed by atoms with van der Waals surface area (Å²) in [6, 6.07) is 0. The quantitative estimate of drug-likeness (QED) is 0.138. The van der Waals surface area contributed by atoms with E-state index in [4.69, 9.17) is 23.7 Å². The van der Waals surface area contributed by atoms with Crippen LogP contribution in [0, 0.1) is 40.4 Å². The SMILES string of the molecule is COC1C(CO)OC(OC(CCC(C)C2CC(O)C3C2(C)CCC2C3(O)CC(O)C3(O)CC(O)CCC23C)C(C)C)C1OC1OCC(O)C(O)C1O. The summed E-state index contributed by atoms with van der Waals surface area (Å²) in [6.07, 6.45) is -7.71. The van der Waals surface area contributed by atoms with Gasteiger partial charge in [-0.25, -0.2) is 0 Å². The molecule has 0 aromatic heterocycles. The Bertz CT molecular complexity index is 1230. The number of methoxy groups -OCH3 is 1. The zero-order valence-electron chi connectivity index (χ0n) is 31.7. The minimum atomic E-state index is -1.53. The molecule has 0 aromatic carbocycles. The van der Waals surface area contributed by atoms with E-state index in [1.807, 2.05) is 20.8 Å². The first kappa shape index (κ1) is 41.1. The van der Waals surface area contributed by atoms with Crippen molar-refractivity contribution in [3.8, 4) is 0 Å². The fourth-order valence-corrected chi connectivity index (χ4v) is 12.2. The zero-order valence-corrected chi connectivity index (χ0v) is 31.7. The van der Waals surface area contributed by atoms with Gasteiger partial charge < -0.3 is 69.6 Å². The molecule has 14 nitrogen and oxygen atoms in total. The van der Waals surface area contributed by atoms with Crippen LogP contribution in [0.3, 0.4) is 0 Å². The normalized spacial score (nSPS) is 53.3. The molecule has 302 valence electrons. The van der Waals surface area contributed by atoms with Gasteiger partial charge in [-0.1, -0.05) is 34.6 Å². The van der Waals surface area contributed by atoms with Crippen molar-refractivity contribution in [2.75, 3.05) is 20.3 Å². The van der Waals surface area contributed by atoms with Crippen molar-refractivity contribution in [3.63, 3.8) is 0 Å². The van der Waals surface area contributed by atoms with E-state index in [0.29, 0.717) is 32.1 Å². The van der Waals surface area contributed by atoms with Crippen LogP contribution < -0.4 is 0 Å². The molecule has 14 heteroatoms. The van der Waals surface area contributed by atoms with Gasteiger partial charge in [0.25, 0.3) is 0 Å². The maximum Gasteiger partial charge on any atom is 0.187 e. The Kier molecular flexibility index (Phi) is 11.9. The van der Waals surface area contributed by atoms with Gasteiger partial charge in [0.2, 0.25) is 0 Å². The summed E-state index contributed by atoms with van der Waals surface area (Å²) in [5.74, 6) is -0.548. The molecule has 20 atom stereocenters. The fraction of sp³-hybridized carbons (Fsp3) is 1.00. The Balaban J connectivity index is 1.15. The smallest absolute Gasteiger partial charge is 0.187 e. The van der Waals surface area contributed by atoms with Crippen LogP contribution >= 0.6 is 0 Å². The highest BCUT2D eigenvalue weighted by atomic mass is 16.8. The molecule has 2 saturated heterocycles. The highest BCUT2D eigenvalue weighted by Gasteiger charge is 2.74. The largest absolute Gasteiger partial charge is 0.394 e. The number of hydrogen-bond donors (Lipinski definition) is 9. The van der Waals surface area contributed by atoms with Gasteiger partial charge in [0.15, 0.2) is 12.6 Å². The van der Waals surface area contributed by atoms with Gasteiger partial charge in [0.1, 0.15) is 36.6 Å². The fourth-order valence-electron chi connectivity index (χ4n) is 12.2. The van der Waals surface area contributed by atoms with E-state index in [9.17, 15) is 46.0 Å². The van der Waals surface area contributed by atoms with Crippen LogP contribution in [0.5, 0.6) is 0 Å². The molecule has 4 saturated carbocycles. The van der Waals surface area contributed by atoms with Crippen LogP contribution in [-0.4, -0.2) is 151 Å². The monoisotopic (exact) mass is 746 g/mol. The lowest BCUT2D eigenvalue weighted by Gasteiger charge is -2.68. The van der Waals surface area contributed by atoms with Crippen LogP contribution in [0.15, 0.2) is 0 Å². The van der Waals surface area contributed by atoms with Crippen molar-refractivity contribution >= 4 is 0 Å². The molecule has 20 unspecified atom stereocenters. The molecule has 9 N–H and O–H groups in total. The van der Waals surface area contributed by atoms with Gasteiger partial charge in [-0.3, -0.25) is 0 Å². The lowest BCUT2D eigenvalue weighted by atomic mass is 9.40. The van der Waals surface area contributed by atoms with Crippen LogP contribution in [0.25, 0.3) is 0 Å². The Labute approximate surface area is 307 Å². The molecule has 0 aromatic rings. The van der Waals surface area contributed by atoms with Crippen molar-refractivity contribution < 1.29 is 69.6 Å². The second-order valence-electron chi connectivity index (χ2n) is 18.2. The highest BCUT2D eigenvalue weighted by Crippen LogP contribution is 2.70. The summed E-state index contributed by atoms with van der Waals surface area (Å²) in [6.45, 7) is 9.77. The predicted octanol–water partition coefficient (Wildman–Crippen LogP) is 0.192. The topological polar surface area (TPSA) is 228 Å². The lowest BCUT2D eigenvalue weighted by Crippen LogP contribution is -2.75. The summed E-state index contributed by atoms with van der Waals surface area (Å²) in [7, 11) is 1.45. The number of rotatable bonds is 11. The second-order valence-corrected chi connectivity index (χ2v) is 18.2. The van der Waals surface area contributed by atoms with E-state index >= 15 is 0 Å². The Morgan fingerprint density at radius 3 is 2.21 bits per heavy atom. The summed E-state index contributed by atoms with van der Waals surface area (Å²) in [5, 5.41) is 98.9. The van der Waals surface area contributed by atoms with E-state index in [1.54, 1.807) is 0 Å². The molecular weight excluding hydrogens is 680 g/mol. The van der Waals surface area contributed by atoms with Crippen LogP contribution in [-0.2, 0) is 23.7 Å². The van der Waals surface area contributed by atoms with Gasteiger partial charge >= 0.3 is 0 Å². The molecule has 6 aliphatic rings. The van der Waals surface area contributed by atoms with Gasteiger partial charge in [-0.05, 0) is 74.0 Å². The second kappa shape index (κ2) is 15.1. The summed E-state index contributed by atoms with van der Waals surface area (Å²) >= 11 is 0. The molecule has 0 amide bonds. The lowest BCUT2D eigenvalue weighted by molar-refractivity contribution is -0.315. The minimum absolute atomic E-state index is 0.0391. The summed E-state index contributed by atoms with van der Waals surface area (Å²) in [4.78, 5) is 0. The Hall–Kier alpha value is -0.560. The van der Waals surface area contributed by atoms with Gasteiger partial charge in [-0.15, -0.1) is 0 Å². The number of fused-ring (bicyclic) bond motifs is 5. The molecule has 52 heavy (non-hydrogen) atoms. The number of aliphatic hydroxyl groups is 9. The first-order chi connectivity index (χ1) is 24.4. The predicted molar refractivity (Wildman–Crippen MR) is 184 cm³/mol. The molecule has 2 heterocycles. The highest BCUT2D eigenvalue weighted by molar-refractivity contribution is 5.24. The van der Waals surface area contributed by atoms with Crippen LogP contribution in [0.1, 0.15) is 92.4 Å². The maximum absolute atomic E-state index is 12.7. The molecule has 2 aliphatic heterocycles. The average Bonchev–Trinajstić information content (AvgIpc) is 3.56.